The molecule has 1 N–H and O–H groups in total. The molecule has 0 saturated heterocycles. The van der Waals surface area contributed by atoms with Gasteiger partial charge in [-0.05, 0) is 25.1 Å². The van der Waals surface area contributed by atoms with E-state index < -0.39 is 5.97 Å². The molecule has 0 fully saturated rings. The minimum atomic E-state index is -0.545. The number of benzene rings is 1. The standard InChI is InChI=1S/C15H16N2O5/c1-10-12(7-17-22-10)9-21-14(18)8-16-15(19)11-4-3-5-13(6-11)20-2/h3-7H,8-9H2,1-2H3,(H,16,19). The molecular formula is C15H16N2O5. The van der Waals surface area contributed by atoms with Crippen molar-refractivity contribution < 1.29 is 23.6 Å². The lowest BCUT2D eigenvalue weighted by Crippen LogP contribution is -2.30. The Morgan fingerprint density at radius 1 is 1.36 bits per heavy atom. The van der Waals surface area contributed by atoms with Crippen molar-refractivity contribution in [2.45, 2.75) is 13.5 Å². The highest BCUT2D eigenvalue weighted by atomic mass is 16.5. The molecule has 2 rings (SSSR count). The zero-order valence-corrected chi connectivity index (χ0v) is 12.3. The summed E-state index contributed by atoms with van der Waals surface area (Å²) in [6.07, 6.45) is 1.48. The Hall–Kier alpha value is -2.83. The lowest BCUT2D eigenvalue weighted by Gasteiger charge is -2.07. The minimum Gasteiger partial charge on any atom is -0.497 e. The molecule has 1 aromatic heterocycles. The summed E-state index contributed by atoms with van der Waals surface area (Å²) < 4.78 is 14.9. The summed E-state index contributed by atoms with van der Waals surface area (Å²) in [5.41, 5.74) is 1.09. The van der Waals surface area contributed by atoms with Crippen LogP contribution in [-0.4, -0.2) is 30.7 Å². The molecule has 1 heterocycles. The van der Waals surface area contributed by atoms with E-state index in [-0.39, 0.29) is 19.1 Å². The number of hydrogen-bond acceptors (Lipinski definition) is 6. The molecule has 0 atom stereocenters. The van der Waals surface area contributed by atoms with E-state index >= 15 is 0 Å². The number of carbonyl (C=O) groups excluding carboxylic acids is 2. The van der Waals surface area contributed by atoms with Crippen molar-refractivity contribution in [1.29, 1.82) is 0 Å². The normalized spacial score (nSPS) is 10.1. The highest BCUT2D eigenvalue weighted by Crippen LogP contribution is 2.12. The van der Waals surface area contributed by atoms with Crippen LogP contribution >= 0.6 is 0 Å². The fourth-order valence-corrected chi connectivity index (χ4v) is 1.69. The number of carbonyl (C=O) groups is 2. The third kappa shape index (κ3) is 4.08. The van der Waals surface area contributed by atoms with Gasteiger partial charge < -0.3 is 19.3 Å². The summed E-state index contributed by atoms with van der Waals surface area (Å²) in [5.74, 6) is 0.236. The molecule has 0 spiro atoms. The smallest absolute Gasteiger partial charge is 0.325 e. The van der Waals surface area contributed by atoms with E-state index in [1.165, 1.54) is 13.3 Å². The lowest BCUT2D eigenvalue weighted by atomic mass is 10.2. The van der Waals surface area contributed by atoms with Crippen LogP contribution in [-0.2, 0) is 16.1 Å². The summed E-state index contributed by atoms with van der Waals surface area (Å²) in [4.78, 5) is 23.5. The Kier molecular flexibility index (Phi) is 5.13. The number of nitrogens with one attached hydrogen (secondary N) is 1. The van der Waals surface area contributed by atoms with E-state index in [1.54, 1.807) is 31.2 Å². The SMILES string of the molecule is COc1cccc(C(=O)NCC(=O)OCc2cnoc2C)c1. The number of ether oxygens (including phenoxy) is 2. The molecule has 0 aliphatic heterocycles. The molecule has 0 aliphatic carbocycles. The van der Waals surface area contributed by atoms with Gasteiger partial charge in [0.05, 0.1) is 18.9 Å². The van der Waals surface area contributed by atoms with Crippen molar-refractivity contribution in [1.82, 2.24) is 10.5 Å². The zero-order valence-electron chi connectivity index (χ0n) is 12.3. The molecular weight excluding hydrogens is 288 g/mol. The van der Waals surface area contributed by atoms with Crippen LogP contribution in [0.25, 0.3) is 0 Å². The van der Waals surface area contributed by atoms with Crippen molar-refractivity contribution in [3.8, 4) is 5.75 Å². The van der Waals surface area contributed by atoms with Gasteiger partial charge in [-0.2, -0.15) is 0 Å². The second-order valence-corrected chi connectivity index (χ2v) is 4.48. The first-order valence-electron chi connectivity index (χ1n) is 6.58. The van der Waals surface area contributed by atoms with Gasteiger partial charge in [-0.1, -0.05) is 11.2 Å². The summed E-state index contributed by atoms with van der Waals surface area (Å²) in [7, 11) is 1.51. The molecule has 0 unspecified atom stereocenters. The Labute approximate surface area is 127 Å². The van der Waals surface area contributed by atoms with E-state index in [0.717, 1.165) is 0 Å². The van der Waals surface area contributed by atoms with Crippen LogP contribution in [0.5, 0.6) is 5.75 Å². The van der Waals surface area contributed by atoms with Crippen LogP contribution in [0.1, 0.15) is 21.7 Å². The summed E-state index contributed by atoms with van der Waals surface area (Å²) >= 11 is 0. The summed E-state index contributed by atoms with van der Waals surface area (Å²) in [5, 5.41) is 6.07. The highest BCUT2D eigenvalue weighted by Gasteiger charge is 2.11. The second-order valence-electron chi connectivity index (χ2n) is 4.48. The van der Waals surface area contributed by atoms with Crippen LogP contribution in [0.2, 0.25) is 0 Å². The van der Waals surface area contributed by atoms with Crippen LogP contribution in [0.15, 0.2) is 35.0 Å². The molecule has 2 aromatic rings. The highest BCUT2D eigenvalue weighted by molar-refractivity contribution is 5.96. The maximum atomic E-state index is 11.9. The summed E-state index contributed by atoms with van der Waals surface area (Å²) in [6, 6.07) is 6.64. The lowest BCUT2D eigenvalue weighted by molar-refractivity contribution is -0.143. The molecule has 1 amide bonds. The average molecular weight is 304 g/mol. The number of nitrogens with zero attached hydrogens (tertiary/aromatic N) is 1. The van der Waals surface area contributed by atoms with Gasteiger partial charge in [-0.15, -0.1) is 0 Å². The van der Waals surface area contributed by atoms with Gasteiger partial charge in [0, 0.05) is 5.56 Å². The molecule has 0 bridgehead atoms. The van der Waals surface area contributed by atoms with E-state index in [2.05, 4.69) is 10.5 Å². The largest absolute Gasteiger partial charge is 0.497 e. The quantitative estimate of drug-likeness (QED) is 0.813. The predicted octanol–water partition coefficient (Wildman–Crippen LogP) is 1.46. The van der Waals surface area contributed by atoms with E-state index in [0.29, 0.717) is 22.6 Å². The first-order valence-corrected chi connectivity index (χ1v) is 6.58. The zero-order chi connectivity index (χ0) is 15.9. The van der Waals surface area contributed by atoms with Gasteiger partial charge in [-0.3, -0.25) is 9.59 Å². The molecule has 0 aliphatic rings. The number of aryl methyl sites for hydroxylation is 1. The Morgan fingerprint density at radius 3 is 2.86 bits per heavy atom. The van der Waals surface area contributed by atoms with Crippen molar-refractivity contribution >= 4 is 11.9 Å². The number of amides is 1. The van der Waals surface area contributed by atoms with Gasteiger partial charge in [0.1, 0.15) is 24.7 Å². The molecule has 1 aromatic carbocycles. The fraction of sp³-hybridized carbons (Fsp3) is 0.267. The third-order valence-electron chi connectivity index (χ3n) is 2.96. The van der Waals surface area contributed by atoms with Crippen LogP contribution in [0.3, 0.4) is 0 Å². The fourth-order valence-electron chi connectivity index (χ4n) is 1.69. The maximum Gasteiger partial charge on any atom is 0.325 e. The number of methoxy groups -OCH3 is 1. The Morgan fingerprint density at radius 2 is 2.18 bits per heavy atom. The van der Waals surface area contributed by atoms with E-state index in [4.69, 9.17) is 14.0 Å². The van der Waals surface area contributed by atoms with Gasteiger partial charge in [0.15, 0.2) is 0 Å². The van der Waals surface area contributed by atoms with Gasteiger partial charge in [-0.25, -0.2) is 0 Å². The van der Waals surface area contributed by atoms with Crippen molar-refractivity contribution in [2.75, 3.05) is 13.7 Å². The number of esters is 1. The topological polar surface area (TPSA) is 90.7 Å². The Balaban J connectivity index is 1.80. The number of hydrogen-bond donors (Lipinski definition) is 1. The first-order chi connectivity index (χ1) is 10.6. The average Bonchev–Trinajstić information content (AvgIpc) is 2.95. The number of rotatable bonds is 6. The van der Waals surface area contributed by atoms with Gasteiger partial charge >= 0.3 is 5.97 Å². The molecule has 0 saturated carbocycles. The number of aromatic nitrogens is 1. The van der Waals surface area contributed by atoms with Crippen LogP contribution in [0.4, 0.5) is 0 Å². The van der Waals surface area contributed by atoms with Gasteiger partial charge in [0.25, 0.3) is 5.91 Å². The molecule has 7 nitrogen and oxygen atoms in total. The molecule has 0 radical (unpaired) electrons. The Bertz CT molecular complexity index is 665. The molecule has 22 heavy (non-hydrogen) atoms. The minimum absolute atomic E-state index is 0.0587. The van der Waals surface area contributed by atoms with Crippen molar-refractivity contribution in [3.63, 3.8) is 0 Å². The third-order valence-corrected chi connectivity index (χ3v) is 2.96. The van der Waals surface area contributed by atoms with Crippen LogP contribution in [0, 0.1) is 6.92 Å². The predicted molar refractivity (Wildman–Crippen MR) is 76.4 cm³/mol. The van der Waals surface area contributed by atoms with Crippen molar-refractivity contribution in [2.24, 2.45) is 0 Å². The molecule has 7 heteroatoms. The van der Waals surface area contributed by atoms with Gasteiger partial charge in [0.2, 0.25) is 0 Å². The molecule has 116 valence electrons. The summed E-state index contributed by atoms with van der Waals surface area (Å²) in [6.45, 7) is 1.56. The first kappa shape index (κ1) is 15.6. The monoisotopic (exact) mass is 304 g/mol. The second kappa shape index (κ2) is 7.26. The van der Waals surface area contributed by atoms with E-state index in [9.17, 15) is 9.59 Å². The van der Waals surface area contributed by atoms with E-state index in [1.807, 2.05) is 0 Å². The van der Waals surface area contributed by atoms with Crippen LogP contribution < -0.4 is 10.1 Å². The maximum absolute atomic E-state index is 11.9. The van der Waals surface area contributed by atoms with Crippen molar-refractivity contribution in [3.05, 3.63) is 47.3 Å².